The number of sulfone groups is 1. The summed E-state index contributed by atoms with van der Waals surface area (Å²) in [6, 6.07) is 0. The smallest absolute Gasteiger partial charge is 0.202 e. The molecule has 5 nitrogen and oxygen atoms in total. The Balaban J connectivity index is 2.67. The third kappa shape index (κ3) is 3.73. The highest BCUT2D eigenvalue weighted by molar-refractivity contribution is 7.92. The van der Waals surface area contributed by atoms with Crippen LogP contribution in [0.4, 0.5) is 5.95 Å². The van der Waals surface area contributed by atoms with E-state index < -0.39 is 14.6 Å². The number of hydrogen-bond acceptors (Lipinski definition) is 4. The van der Waals surface area contributed by atoms with Crippen molar-refractivity contribution in [2.24, 2.45) is 0 Å². The summed E-state index contributed by atoms with van der Waals surface area (Å²) in [6.45, 7) is 6.83. The molecule has 0 saturated heterocycles. The number of unbranched alkanes of at least 4 members (excludes halogenated alkanes) is 1. The zero-order chi connectivity index (χ0) is 13.8. The van der Waals surface area contributed by atoms with Crippen molar-refractivity contribution >= 4 is 15.8 Å². The number of nitrogens with one attached hydrogen (secondary N) is 1. The van der Waals surface area contributed by atoms with E-state index in [0.29, 0.717) is 6.54 Å². The first-order chi connectivity index (χ1) is 8.28. The third-order valence-electron chi connectivity index (χ3n) is 3.14. The topological polar surface area (TPSA) is 64.0 Å². The van der Waals surface area contributed by atoms with E-state index in [1.54, 1.807) is 20.0 Å². The highest BCUT2D eigenvalue weighted by atomic mass is 32.2. The Morgan fingerprint density at radius 2 is 2.11 bits per heavy atom. The first kappa shape index (κ1) is 15.0. The van der Waals surface area contributed by atoms with Gasteiger partial charge in [0.2, 0.25) is 5.95 Å². The summed E-state index contributed by atoms with van der Waals surface area (Å²) in [7, 11) is -3.08. The first-order valence-electron chi connectivity index (χ1n) is 6.22. The number of rotatable bonds is 7. The number of aryl methyl sites for hydroxylation is 1. The molecule has 18 heavy (non-hydrogen) atoms. The van der Waals surface area contributed by atoms with E-state index in [1.165, 1.54) is 6.26 Å². The third-order valence-corrected chi connectivity index (χ3v) is 5.30. The molecule has 0 saturated carbocycles. The second-order valence-corrected chi connectivity index (χ2v) is 7.83. The van der Waals surface area contributed by atoms with E-state index in [0.717, 1.165) is 25.3 Å². The Morgan fingerprint density at radius 3 is 2.67 bits per heavy atom. The second kappa shape index (κ2) is 5.73. The van der Waals surface area contributed by atoms with Crippen LogP contribution in [0.1, 0.15) is 33.6 Å². The van der Waals surface area contributed by atoms with Crippen LogP contribution in [0.5, 0.6) is 0 Å². The van der Waals surface area contributed by atoms with Crippen LogP contribution in [0.15, 0.2) is 12.4 Å². The summed E-state index contributed by atoms with van der Waals surface area (Å²) in [5, 5.41) is 3.12. The van der Waals surface area contributed by atoms with Crippen LogP contribution in [-0.2, 0) is 16.4 Å². The van der Waals surface area contributed by atoms with Crippen LogP contribution in [0, 0.1) is 0 Å². The molecule has 0 bridgehead atoms. The van der Waals surface area contributed by atoms with Gasteiger partial charge in [-0.1, -0.05) is 13.3 Å². The van der Waals surface area contributed by atoms with Gasteiger partial charge < -0.3 is 9.88 Å². The van der Waals surface area contributed by atoms with Crippen molar-refractivity contribution in [3.05, 3.63) is 12.4 Å². The predicted molar refractivity (Wildman–Crippen MR) is 74.5 cm³/mol. The Labute approximate surface area is 110 Å². The fourth-order valence-corrected chi connectivity index (χ4v) is 1.74. The monoisotopic (exact) mass is 273 g/mol. The molecule has 0 atom stereocenters. The number of hydrogen-bond donors (Lipinski definition) is 1. The summed E-state index contributed by atoms with van der Waals surface area (Å²) in [6.07, 6.45) is 7.10. The maximum atomic E-state index is 11.6. The van der Waals surface area contributed by atoms with Gasteiger partial charge in [0.15, 0.2) is 9.84 Å². The molecule has 104 valence electrons. The van der Waals surface area contributed by atoms with E-state index in [2.05, 4.69) is 17.2 Å². The van der Waals surface area contributed by atoms with Crippen molar-refractivity contribution in [3.63, 3.8) is 0 Å². The summed E-state index contributed by atoms with van der Waals surface area (Å²) in [5.41, 5.74) is 0. The number of anilines is 1. The maximum absolute atomic E-state index is 11.6. The van der Waals surface area contributed by atoms with Gasteiger partial charge in [-0.25, -0.2) is 13.4 Å². The molecule has 0 aliphatic rings. The lowest BCUT2D eigenvalue weighted by molar-refractivity contribution is 0.558. The molecular weight excluding hydrogens is 250 g/mol. The van der Waals surface area contributed by atoms with Gasteiger partial charge in [0.05, 0.1) is 4.75 Å². The van der Waals surface area contributed by atoms with Gasteiger partial charge in [0.25, 0.3) is 0 Å². The Bertz CT molecular complexity index is 477. The van der Waals surface area contributed by atoms with E-state index in [9.17, 15) is 8.42 Å². The van der Waals surface area contributed by atoms with Crippen molar-refractivity contribution < 1.29 is 8.42 Å². The lowest BCUT2D eigenvalue weighted by Gasteiger charge is -2.23. The van der Waals surface area contributed by atoms with Crippen LogP contribution < -0.4 is 5.32 Å². The molecule has 0 aliphatic carbocycles. The minimum Gasteiger partial charge on any atom is -0.354 e. The molecule has 6 heteroatoms. The summed E-state index contributed by atoms with van der Waals surface area (Å²) < 4.78 is 24.4. The van der Waals surface area contributed by atoms with Crippen molar-refractivity contribution in [3.8, 4) is 0 Å². The maximum Gasteiger partial charge on any atom is 0.202 e. The standard InChI is InChI=1S/C12H23N3O2S/c1-5-6-8-15-9-7-13-11(15)14-10-12(2,3)18(4,16)17/h7,9H,5-6,8,10H2,1-4H3,(H,13,14). The van der Waals surface area contributed by atoms with Crippen LogP contribution in [-0.4, -0.2) is 35.5 Å². The van der Waals surface area contributed by atoms with E-state index >= 15 is 0 Å². The largest absolute Gasteiger partial charge is 0.354 e. The molecule has 0 aliphatic heterocycles. The van der Waals surface area contributed by atoms with Crippen LogP contribution >= 0.6 is 0 Å². The molecule has 0 radical (unpaired) electrons. The van der Waals surface area contributed by atoms with E-state index in [4.69, 9.17) is 0 Å². The quantitative estimate of drug-likeness (QED) is 0.824. The van der Waals surface area contributed by atoms with Gasteiger partial charge in [-0.15, -0.1) is 0 Å². The van der Waals surface area contributed by atoms with Gasteiger partial charge in [-0.05, 0) is 20.3 Å². The predicted octanol–water partition coefficient (Wildman–Crippen LogP) is 1.92. The zero-order valence-electron chi connectivity index (χ0n) is 11.6. The first-order valence-corrected chi connectivity index (χ1v) is 8.11. The zero-order valence-corrected chi connectivity index (χ0v) is 12.4. The molecule has 0 spiro atoms. The number of imidazole rings is 1. The normalized spacial score (nSPS) is 12.7. The molecule has 0 unspecified atom stereocenters. The molecule has 1 N–H and O–H groups in total. The molecule has 1 heterocycles. The molecule has 0 aromatic carbocycles. The van der Waals surface area contributed by atoms with Gasteiger partial charge in [0.1, 0.15) is 0 Å². The minimum absolute atomic E-state index is 0.356. The van der Waals surface area contributed by atoms with E-state index in [1.807, 2.05) is 10.8 Å². The summed E-state index contributed by atoms with van der Waals surface area (Å²) >= 11 is 0. The fourth-order valence-electron chi connectivity index (χ4n) is 1.41. The summed E-state index contributed by atoms with van der Waals surface area (Å²) in [5.74, 6) is 0.736. The Hall–Kier alpha value is -1.04. The van der Waals surface area contributed by atoms with Crippen molar-refractivity contribution in [2.75, 3.05) is 18.1 Å². The molecular formula is C12H23N3O2S. The van der Waals surface area contributed by atoms with Crippen LogP contribution in [0.25, 0.3) is 0 Å². The van der Waals surface area contributed by atoms with Crippen molar-refractivity contribution in [2.45, 2.75) is 44.9 Å². The van der Waals surface area contributed by atoms with Crippen LogP contribution in [0.2, 0.25) is 0 Å². The SMILES string of the molecule is CCCCn1ccnc1NCC(C)(C)S(C)(=O)=O. The van der Waals surface area contributed by atoms with Gasteiger partial charge >= 0.3 is 0 Å². The molecule has 0 amide bonds. The van der Waals surface area contributed by atoms with Gasteiger partial charge in [0, 0.05) is 31.7 Å². The molecule has 1 aromatic rings. The minimum atomic E-state index is -3.08. The van der Waals surface area contributed by atoms with Gasteiger partial charge in [-0.3, -0.25) is 0 Å². The highest BCUT2D eigenvalue weighted by Gasteiger charge is 2.30. The number of aromatic nitrogens is 2. The Morgan fingerprint density at radius 1 is 1.44 bits per heavy atom. The highest BCUT2D eigenvalue weighted by Crippen LogP contribution is 2.16. The lowest BCUT2D eigenvalue weighted by Crippen LogP contribution is -2.38. The van der Waals surface area contributed by atoms with Crippen molar-refractivity contribution in [1.29, 1.82) is 0 Å². The van der Waals surface area contributed by atoms with Gasteiger partial charge in [-0.2, -0.15) is 0 Å². The lowest BCUT2D eigenvalue weighted by atomic mass is 10.2. The molecule has 1 rings (SSSR count). The van der Waals surface area contributed by atoms with E-state index in [-0.39, 0.29) is 0 Å². The average molecular weight is 273 g/mol. The summed E-state index contributed by atoms with van der Waals surface area (Å²) in [4.78, 5) is 4.21. The van der Waals surface area contributed by atoms with Crippen molar-refractivity contribution in [1.82, 2.24) is 9.55 Å². The van der Waals surface area contributed by atoms with Crippen LogP contribution in [0.3, 0.4) is 0 Å². The molecule has 0 fully saturated rings. The Kier molecular flexibility index (Phi) is 4.78. The molecule has 1 aromatic heterocycles. The fraction of sp³-hybridized carbons (Fsp3) is 0.750. The number of nitrogens with zero attached hydrogens (tertiary/aromatic N) is 2. The average Bonchev–Trinajstić information content (AvgIpc) is 2.69. The second-order valence-electron chi connectivity index (χ2n) is 5.18.